The third-order valence-corrected chi connectivity index (χ3v) is 5.18. The Hall–Kier alpha value is -4.33. The van der Waals surface area contributed by atoms with Crippen molar-refractivity contribution in [3.8, 4) is 0 Å². The molecule has 1 heterocycles. The zero-order valence-electron chi connectivity index (χ0n) is 17.8. The molecule has 4 rings (SSSR count). The number of H-pyrrole nitrogens is 1. The number of amides is 2. The van der Waals surface area contributed by atoms with Crippen molar-refractivity contribution in [3.63, 3.8) is 0 Å². The summed E-state index contributed by atoms with van der Waals surface area (Å²) < 4.78 is 38.3. The van der Waals surface area contributed by atoms with Gasteiger partial charge < -0.3 is 15.6 Å². The molecule has 0 radical (unpaired) electrons. The summed E-state index contributed by atoms with van der Waals surface area (Å²) in [5, 5.41) is 6.18. The molecule has 3 aromatic carbocycles. The molecule has 34 heavy (non-hydrogen) atoms. The molecule has 0 atom stereocenters. The summed E-state index contributed by atoms with van der Waals surface area (Å²) >= 11 is 0. The summed E-state index contributed by atoms with van der Waals surface area (Å²) in [6, 6.07) is 20.5. The second-order valence-electron chi connectivity index (χ2n) is 7.55. The van der Waals surface area contributed by atoms with Crippen molar-refractivity contribution in [2.75, 3.05) is 0 Å². The van der Waals surface area contributed by atoms with Crippen molar-refractivity contribution >= 4 is 28.8 Å². The van der Waals surface area contributed by atoms with Crippen molar-refractivity contribution in [2.45, 2.75) is 12.7 Å². The number of rotatable bonds is 6. The van der Waals surface area contributed by atoms with Crippen molar-refractivity contribution in [1.29, 1.82) is 0 Å². The van der Waals surface area contributed by atoms with Crippen molar-refractivity contribution in [2.24, 2.45) is 0 Å². The molecule has 5 nitrogen and oxygen atoms in total. The second-order valence-corrected chi connectivity index (χ2v) is 7.55. The molecule has 0 spiro atoms. The number of hydrogen-bond donors (Lipinski definition) is 3. The van der Waals surface area contributed by atoms with E-state index in [1.807, 2.05) is 24.3 Å². The average Bonchev–Trinajstić information content (AvgIpc) is 3.25. The summed E-state index contributed by atoms with van der Waals surface area (Å²) in [6.07, 6.45) is -1.15. The normalized spacial score (nSPS) is 11.9. The lowest BCUT2D eigenvalue weighted by Gasteiger charge is -2.12. The van der Waals surface area contributed by atoms with Gasteiger partial charge in [0.25, 0.3) is 11.8 Å². The monoisotopic (exact) mass is 463 g/mol. The van der Waals surface area contributed by atoms with Gasteiger partial charge in [0, 0.05) is 34.8 Å². The minimum absolute atomic E-state index is 0.00511. The van der Waals surface area contributed by atoms with Gasteiger partial charge in [0.1, 0.15) is 5.70 Å². The van der Waals surface area contributed by atoms with Gasteiger partial charge in [0.15, 0.2) is 0 Å². The number of carbonyl (C=O) groups excluding carboxylic acids is 2. The molecule has 0 saturated carbocycles. The lowest BCUT2D eigenvalue weighted by Crippen LogP contribution is -2.34. The zero-order valence-corrected chi connectivity index (χ0v) is 17.8. The second kappa shape index (κ2) is 9.66. The van der Waals surface area contributed by atoms with Crippen LogP contribution < -0.4 is 10.6 Å². The standard InChI is InChI=1S/C26H20F3N3O2/c27-26(28,29)20-12-10-17(11-13-20)15-31-25(34)23(32-24(33)18-6-2-1-3-7-18)14-19-16-30-22-9-5-4-8-21(19)22/h1-14,16,30H,15H2,(H,31,34)(H,32,33)/b23-14-. The molecule has 0 saturated heterocycles. The molecule has 8 heteroatoms. The Morgan fingerprint density at radius 3 is 2.26 bits per heavy atom. The van der Waals surface area contributed by atoms with Crippen LogP contribution in [-0.2, 0) is 17.5 Å². The zero-order chi connectivity index (χ0) is 24.1. The number of hydrogen-bond acceptors (Lipinski definition) is 2. The lowest BCUT2D eigenvalue weighted by molar-refractivity contribution is -0.137. The molecule has 0 fully saturated rings. The summed E-state index contributed by atoms with van der Waals surface area (Å²) in [5.74, 6) is -1.04. The average molecular weight is 463 g/mol. The Morgan fingerprint density at radius 2 is 1.56 bits per heavy atom. The highest BCUT2D eigenvalue weighted by atomic mass is 19.4. The third kappa shape index (κ3) is 5.35. The number of alkyl halides is 3. The number of carbonyl (C=O) groups is 2. The maximum atomic E-state index is 13.0. The molecular formula is C26H20F3N3O2. The molecule has 172 valence electrons. The lowest BCUT2D eigenvalue weighted by atomic mass is 10.1. The minimum Gasteiger partial charge on any atom is -0.361 e. The van der Waals surface area contributed by atoms with Gasteiger partial charge in [-0.1, -0.05) is 48.5 Å². The van der Waals surface area contributed by atoms with Crippen LogP contribution in [0.4, 0.5) is 13.2 Å². The SMILES string of the molecule is O=C(NCc1ccc(C(F)(F)F)cc1)/C(=C/c1c[nH]c2ccccc12)NC(=O)c1ccccc1. The summed E-state index contributed by atoms with van der Waals surface area (Å²) in [6.45, 7) is -0.0105. The molecule has 4 aromatic rings. The van der Waals surface area contributed by atoms with Crippen molar-refractivity contribution < 1.29 is 22.8 Å². The first-order chi connectivity index (χ1) is 16.3. The smallest absolute Gasteiger partial charge is 0.361 e. The van der Waals surface area contributed by atoms with Gasteiger partial charge in [0.2, 0.25) is 0 Å². The fourth-order valence-corrected chi connectivity index (χ4v) is 3.40. The molecule has 0 aliphatic heterocycles. The van der Waals surface area contributed by atoms with Gasteiger partial charge in [-0.15, -0.1) is 0 Å². The van der Waals surface area contributed by atoms with Crippen LogP contribution >= 0.6 is 0 Å². The number of aromatic amines is 1. The van der Waals surface area contributed by atoms with E-state index in [-0.39, 0.29) is 12.2 Å². The molecular weight excluding hydrogens is 443 g/mol. The van der Waals surface area contributed by atoms with Crippen molar-refractivity contribution in [3.05, 3.63) is 113 Å². The quantitative estimate of drug-likeness (QED) is 0.341. The van der Waals surface area contributed by atoms with E-state index in [1.165, 1.54) is 12.1 Å². The van der Waals surface area contributed by atoms with E-state index in [1.54, 1.807) is 42.6 Å². The molecule has 1 aromatic heterocycles. The Bertz CT molecular complexity index is 1340. The van der Waals surface area contributed by atoms with Gasteiger partial charge in [-0.05, 0) is 42.0 Å². The molecule has 0 aliphatic carbocycles. The van der Waals surface area contributed by atoms with E-state index in [2.05, 4.69) is 15.6 Å². The predicted octanol–water partition coefficient (Wildman–Crippen LogP) is 5.27. The fraction of sp³-hybridized carbons (Fsp3) is 0.0769. The predicted molar refractivity (Wildman–Crippen MR) is 123 cm³/mol. The highest BCUT2D eigenvalue weighted by molar-refractivity contribution is 6.06. The van der Waals surface area contributed by atoms with Crippen LogP contribution in [0.15, 0.2) is 90.8 Å². The van der Waals surface area contributed by atoms with E-state index in [0.717, 1.165) is 23.0 Å². The summed E-state index contributed by atoms with van der Waals surface area (Å²) in [7, 11) is 0. The molecule has 2 amide bonds. The van der Waals surface area contributed by atoms with Crippen LogP contribution in [0, 0.1) is 0 Å². The maximum Gasteiger partial charge on any atom is 0.416 e. The van der Waals surface area contributed by atoms with E-state index in [9.17, 15) is 22.8 Å². The van der Waals surface area contributed by atoms with Crippen LogP contribution in [0.25, 0.3) is 17.0 Å². The number of benzene rings is 3. The minimum atomic E-state index is -4.43. The third-order valence-electron chi connectivity index (χ3n) is 5.18. The van der Waals surface area contributed by atoms with Gasteiger partial charge in [0.05, 0.1) is 5.56 Å². The van der Waals surface area contributed by atoms with Crippen LogP contribution in [0.5, 0.6) is 0 Å². The number of halogens is 3. The first-order valence-corrected chi connectivity index (χ1v) is 10.4. The van der Waals surface area contributed by atoms with Gasteiger partial charge in [-0.25, -0.2) is 0 Å². The topological polar surface area (TPSA) is 74.0 Å². The number of nitrogens with one attached hydrogen (secondary N) is 3. The fourth-order valence-electron chi connectivity index (χ4n) is 3.40. The number of aromatic nitrogens is 1. The van der Waals surface area contributed by atoms with E-state index in [0.29, 0.717) is 16.7 Å². The molecule has 0 bridgehead atoms. The van der Waals surface area contributed by atoms with Crippen LogP contribution in [0.3, 0.4) is 0 Å². The Balaban J connectivity index is 1.57. The first kappa shape index (κ1) is 22.8. The van der Waals surface area contributed by atoms with Crippen LogP contribution in [0.1, 0.15) is 27.0 Å². The Morgan fingerprint density at radius 1 is 0.882 bits per heavy atom. The first-order valence-electron chi connectivity index (χ1n) is 10.4. The van der Waals surface area contributed by atoms with Crippen LogP contribution in [-0.4, -0.2) is 16.8 Å². The van der Waals surface area contributed by atoms with Crippen molar-refractivity contribution in [1.82, 2.24) is 15.6 Å². The molecule has 0 unspecified atom stereocenters. The molecule has 0 aliphatic rings. The maximum absolute atomic E-state index is 13.0. The Kier molecular flexibility index (Phi) is 6.49. The largest absolute Gasteiger partial charge is 0.416 e. The number of fused-ring (bicyclic) bond motifs is 1. The van der Waals surface area contributed by atoms with E-state index < -0.39 is 23.6 Å². The van der Waals surface area contributed by atoms with E-state index >= 15 is 0 Å². The van der Waals surface area contributed by atoms with Gasteiger partial charge in [-0.2, -0.15) is 13.2 Å². The van der Waals surface area contributed by atoms with Gasteiger partial charge >= 0.3 is 6.18 Å². The van der Waals surface area contributed by atoms with Gasteiger partial charge in [-0.3, -0.25) is 9.59 Å². The molecule has 3 N–H and O–H groups in total. The highest BCUT2D eigenvalue weighted by Gasteiger charge is 2.29. The Labute approximate surface area is 193 Å². The number of para-hydroxylation sites is 1. The van der Waals surface area contributed by atoms with E-state index in [4.69, 9.17) is 0 Å². The summed E-state index contributed by atoms with van der Waals surface area (Å²) in [4.78, 5) is 28.8. The summed E-state index contributed by atoms with van der Waals surface area (Å²) in [5.41, 5.74) is 1.67. The highest BCUT2D eigenvalue weighted by Crippen LogP contribution is 2.29. The van der Waals surface area contributed by atoms with Crippen LogP contribution in [0.2, 0.25) is 0 Å².